The molecule has 2 rings (SSSR count). The molecule has 120 valence electrons. The van der Waals surface area contributed by atoms with E-state index >= 15 is 0 Å². The van der Waals surface area contributed by atoms with E-state index in [-0.39, 0.29) is 5.41 Å². The lowest BCUT2D eigenvalue weighted by Gasteiger charge is -2.17. The molecule has 0 radical (unpaired) electrons. The molecule has 0 bridgehead atoms. The second-order valence-electron chi connectivity index (χ2n) is 6.91. The molecule has 4 nitrogen and oxygen atoms in total. The molecule has 0 saturated heterocycles. The first kappa shape index (κ1) is 16.9. The molecule has 0 amide bonds. The first-order chi connectivity index (χ1) is 9.76. The van der Waals surface area contributed by atoms with Crippen LogP contribution < -0.4 is 10.0 Å². The predicted molar refractivity (Wildman–Crippen MR) is 88.3 cm³/mol. The van der Waals surface area contributed by atoms with Crippen LogP contribution in [0.5, 0.6) is 0 Å². The topological polar surface area (TPSA) is 58.2 Å². The van der Waals surface area contributed by atoms with Gasteiger partial charge < -0.3 is 5.32 Å². The summed E-state index contributed by atoms with van der Waals surface area (Å²) < 4.78 is 27.5. The SMILES string of the molecule is CC(C)(C)CCNS(=O)(=O)c1ccc(CCNC2CC2)s1. The third-order valence-electron chi connectivity index (χ3n) is 3.45. The lowest BCUT2D eigenvalue weighted by atomic mass is 9.93. The molecule has 6 heteroatoms. The lowest BCUT2D eigenvalue weighted by Crippen LogP contribution is -2.26. The molecule has 1 fully saturated rings. The molecule has 21 heavy (non-hydrogen) atoms. The van der Waals surface area contributed by atoms with Crippen molar-refractivity contribution in [1.82, 2.24) is 10.0 Å². The highest BCUT2D eigenvalue weighted by Crippen LogP contribution is 2.23. The Morgan fingerprint density at radius 1 is 1.24 bits per heavy atom. The Bertz CT molecular complexity index is 554. The Labute approximate surface area is 132 Å². The summed E-state index contributed by atoms with van der Waals surface area (Å²) in [7, 11) is -3.34. The lowest BCUT2D eigenvalue weighted by molar-refractivity contribution is 0.378. The maximum absolute atomic E-state index is 12.2. The third kappa shape index (κ3) is 6.06. The minimum absolute atomic E-state index is 0.137. The van der Waals surface area contributed by atoms with Gasteiger partial charge in [0.05, 0.1) is 0 Å². The number of thiophene rings is 1. The van der Waals surface area contributed by atoms with Gasteiger partial charge in [0.1, 0.15) is 4.21 Å². The molecular weight excluding hydrogens is 304 g/mol. The van der Waals surface area contributed by atoms with Crippen LogP contribution in [-0.4, -0.2) is 27.5 Å². The molecule has 0 aromatic carbocycles. The fourth-order valence-corrected chi connectivity index (χ4v) is 4.39. The van der Waals surface area contributed by atoms with Crippen LogP contribution in [0.3, 0.4) is 0 Å². The van der Waals surface area contributed by atoms with Crippen molar-refractivity contribution in [3.8, 4) is 0 Å². The summed E-state index contributed by atoms with van der Waals surface area (Å²) in [6.07, 6.45) is 4.29. The van der Waals surface area contributed by atoms with Crippen LogP contribution in [0.25, 0.3) is 0 Å². The second-order valence-corrected chi connectivity index (χ2v) is 10.1. The number of hydrogen-bond donors (Lipinski definition) is 2. The van der Waals surface area contributed by atoms with E-state index in [1.165, 1.54) is 24.2 Å². The molecule has 2 N–H and O–H groups in total. The van der Waals surface area contributed by atoms with Crippen molar-refractivity contribution in [2.24, 2.45) is 5.41 Å². The van der Waals surface area contributed by atoms with E-state index in [2.05, 4.69) is 30.8 Å². The van der Waals surface area contributed by atoms with Crippen molar-refractivity contribution in [1.29, 1.82) is 0 Å². The van der Waals surface area contributed by atoms with Gasteiger partial charge in [-0.1, -0.05) is 20.8 Å². The number of nitrogens with one attached hydrogen (secondary N) is 2. The number of hydrogen-bond acceptors (Lipinski definition) is 4. The Hall–Kier alpha value is -0.430. The Balaban J connectivity index is 1.82. The highest BCUT2D eigenvalue weighted by molar-refractivity contribution is 7.91. The summed E-state index contributed by atoms with van der Waals surface area (Å²) in [6.45, 7) is 7.75. The normalized spacial score (nSPS) is 16.3. The van der Waals surface area contributed by atoms with Gasteiger partial charge in [-0.15, -0.1) is 11.3 Å². The van der Waals surface area contributed by atoms with E-state index in [9.17, 15) is 8.42 Å². The van der Waals surface area contributed by atoms with Gasteiger partial charge in [-0.3, -0.25) is 0 Å². The minimum atomic E-state index is -3.34. The van der Waals surface area contributed by atoms with Gasteiger partial charge in [-0.05, 0) is 43.2 Å². The zero-order chi connectivity index (χ0) is 15.5. The summed E-state index contributed by atoms with van der Waals surface area (Å²) in [5, 5.41) is 3.45. The summed E-state index contributed by atoms with van der Waals surface area (Å²) in [5.41, 5.74) is 0.137. The monoisotopic (exact) mass is 330 g/mol. The van der Waals surface area contributed by atoms with Gasteiger partial charge in [0.2, 0.25) is 10.0 Å². The summed E-state index contributed by atoms with van der Waals surface area (Å²) in [6, 6.07) is 4.35. The zero-order valence-corrected chi connectivity index (χ0v) is 14.7. The third-order valence-corrected chi connectivity index (χ3v) is 6.55. The molecule has 1 aromatic heterocycles. The van der Waals surface area contributed by atoms with Crippen LogP contribution in [0.2, 0.25) is 0 Å². The van der Waals surface area contributed by atoms with Gasteiger partial charge >= 0.3 is 0 Å². The largest absolute Gasteiger partial charge is 0.314 e. The van der Waals surface area contributed by atoms with Crippen molar-refractivity contribution in [3.63, 3.8) is 0 Å². The fourth-order valence-electron chi connectivity index (χ4n) is 1.96. The Morgan fingerprint density at radius 3 is 2.57 bits per heavy atom. The first-order valence-corrected chi connectivity index (χ1v) is 9.88. The van der Waals surface area contributed by atoms with Crippen LogP contribution in [0.4, 0.5) is 0 Å². The van der Waals surface area contributed by atoms with Crippen molar-refractivity contribution in [2.75, 3.05) is 13.1 Å². The quantitative estimate of drug-likeness (QED) is 0.770. The highest BCUT2D eigenvalue weighted by Gasteiger charge is 2.21. The molecule has 1 saturated carbocycles. The van der Waals surface area contributed by atoms with E-state index in [0.717, 1.165) is 24.3 Å². The van der Waals surface area contributed by atoms with E-state index in [4.69, 9.17) is 0 Å². The molecule has 1 aliphatic rings. The standard InChI is InChI=1S/C15H26N2O2S2/c1-15(2,3)9-11-17-21(18,19)14-7-6-13(20-14)8-10-16-12-4-5-12/h6-7,12,16-17H,4-5,8-11H2,1-3H3. The van der Waals surface area contributed by atoms with Gasteiger partial charge in [0.25, 0.3) is 0 Å². The van der Waals surface area contributed by atoms with Crippen molar-refractivity contribution < 1.29 is 8.42 Å². The number of sulfonamides is 1. The zero-order valence-electron chi connectivity index (χ0n) is 13.1. The smallest absolute Gasteiger partial charge is 0.250 e. The first-order valence-electron chi connectivity index (χ1n) is 7.58. The molecule has 1 aliphatic carbocycles. The van der Waals surface area contributed by atoms with Crippen LogP contribution in [0.1, 0.15) is 44.9 Å². The maximum Gasteiger partial charge on any atom is 0.250 e. The summed E-state index contributed by atoms with van der Waals surface area (Å²) in [5.74, 6) is 0. The highest BCUT2D eigenvalue weighted by atomic mass is 32.2. The van der Waals surface area contributed by atoms with Crippen molar-refractivity contribution >= 4 is 21.4 Å². The van der Waals surface area contributed by atoms with Crippen LogP contribution in [0.15, 0.2) is 16.3 Å². The van der Waals surface area contributed by atoms with Crippen LogP contribution in [-0.2, 0) is 16.4 Å². The number of rotatable bonds is 8. The van der Waals surface area contributed by atoms with Crippen LogP contribution >= 0.6 is 11.3 Å². The summed E-state index contributed by atoms with van der Waals surface area (Å²) >= 11 is 1.38. The molecule has 1 aromatic rings. The van der Waals surface area contributed by atoms with Gasteiger partial charge in [0.15, 0.2) is 0 Å². The molecule has 0 aliphatic heterocycles. The summed E-state index contributed by atoms with van der Waals surface area (Å²) in [4.78, 5) is 1.12. The Kier molecular flexibility index (Phi) is 5.46. The minimum Gasteiger partial charge on any atom is -0.314 e. The fraction of sp³-hybridized carbons (Fsp3) is 0.733. The molecule has 0 spiro atoms. The van der Waals surface area contributed by atoms with E-state index in [0.29, 0.717) is 16.8 Å². The average Bonchev–Trinajstić information content (AvgIpc) is 3.03. The maximum atomic E-state index is 12.2. The van der Waals surface area contributed by atoms with E-state index in [1.807, 2.05) is 6.07 Å². The van der Waals surface area contributed by atoms with Crippen LogP contribution in [0, 0.1) is 5.41 Å². The predicted octanol–water partition coefficient (Wildman–Crippen LogP) is 2.76. The molecule has 1 heterocycles. The van der Waals surface area contributed by atoms with Gasteiger partial charge in [-0.25, -0.2) is 13.1 Å². The van der Waals surface area contributed by atoms with E-state index < -0.39 is 10.0 Å². The second kappa shape index (κ2) is 6.77. The molecular formula is C15H26N2O2S2. The Morgan fingerprint density at radius 2 is 1.95 bits per heavy atom. The van der Waals surface area contributed by atoms with E-state index in [1.54, 1.807) is 6.07 Å². The van der Waals surface area contributed by atoms with Gasteiger partial charge in [-0.2, -0.15) is 0 Å². The molecule has 0 unspecified atom stereocenters. The molecule has 0 atom stereocenters. The van der Waals surface area contributed by atoms with Crippen molar-refractivity contribution in [3.05, 3.63) is 17.0 Å². The van der Waals surface area contributed by atoms with Crippen molar-refractivity contribution in [2.45, 2.75) is 56.7 Å². The average molecular weight is 331 g/mol. The van der Waals surface area contributed by atoms with Gasteiger partial charge in [0, 0.05) is 24.0 Å².